The maximum Gasteiger partial charge on any atom is 0.169 e. The molecule has 5 nitrogen and oxygen atoms in total. The fourth-order valence-corrected chi connectivity index (χ4v) is 4.24. The van der Waals surface area contributed by atoms with Gasteiger partial charge in [0.25, 0.3) is 0 Å². The van der Waals surface area contributed by atoms with E-state index in [9.17, 15) is 15.3 Å². The van der Waals surface area contributed by atoms with Crippen LogP contribution in [0.5, 0.6) is 0 Å². The standard InChI is InChI=1S/C8H17O5S.ClH/c9-1-5(11)3-14-4-6(12)8(13)7(14)2-10;/h5-13H,1-4H2;1H/q+1;/p-1/t5-,6+,7+,8-,14?;/m0./s1. The molecule has 15 heavy (non-hydrogen) atoms. The summed E-state index contributed by atoms with van der Waals surface area (Å²) >= 11 is 0. The molecule has 1 rings (SSSR count). The molecule has 92 valence electrons. The molecule has 7 heteroatoms. The van der Waals surface area contributed by atoms with Gasteiger partial charge in [-0.05, 0) is 0 Å². The van der Waals surface area contributed by atoms with Crippen LogP contribution in [0.25, 0.3) is 0 Å². The molecule has 1 fully saturated rings. The van der Waals surface area contributed by atoms with Gasteiger partial charge < -0.3 is 37.9 Å². The average Bonchev–Trinajstić information content (AvgIpc) is 2.42. The molecule has 5 N–H and O–H groups in total. The Morgan fingerprint density at radius 3 is 2.33 bits per heavy atom. The van der Waals surface area contributed by atoms with Crippen LogP contribution in [0.1, 0.15) is 0 Å². The van der Waals surface area contributed by atoms with Crippen LogP contribution in [0, 0.1) is 0 Å². The van der Waals surface area contributed by atoms with Crippen LogP contribution in [-0.2, 0) is 10.9 Å². The highest BCUT2D eigenvalue weighted by atomic mass is 35.5. The fourth-order valence-electron chi connectivity index (χ4n) is 1.59. The smallest absolute Gasteiger partial charge is 0.169 e. The zero-order valence-corrected chi connectivity index (χ0v) is 9.73. The first-order chi connectivity index (χ1) is 6.60. The number of hydrogen-bond donors (Lipinski definition) is 5. The van der Waals surface area contributed by atoms with E-state index in [2.05, 4.69) is 0 Å². The molecule has 1 aliphatic rings. The number of aliphatic hydroxyl groups excluding tert-OH is 5. The van der Waals surface area contributed by atoms with Gasteiger partial charge in [-0.15, -0.1) is 0 Å². The van der Waals surface area contributed by atoms with Crippen LogP contribution in [0.3, 0.4) is 0 Å². The third-order valence-corrected chi connectivity index (χ3v) is 5.25. The minimum atomic E-state index is -0.908. The highest BCUT2D eigenvalue weighted by Gasteiger charge is 2.49. The Labute approximate surface area is 97.5 Å². The molecule has 1 heterocycles. The summed E-state index contributed by atoms with van der Waals surface area (Å²) in [7, 11) is -0.415. The maximum atomic E-state index is 9.47. The monoisotopic (exact) mass is 260 g/mol. The van der Waals surface area contributed by atoms with Crippen LogP contribution >= 0.6 is 0 Å². The first kappa shape index (κ1) is 15.4. The van der Waals surface area contributed by atoms with Gasteiger partial charge in [0, 0.05) is 10.9 Å². The zero-order chi connectivity index (χ0) is 10.7. The van der Waals surface area contributed by atoms with Crippen molar-refractivity contribution in [2.75, 3.05) is 24.7 Å². The molecule has 1 aliphatic heterocycles. The summed E-state index contributed by atoms with van der Waals surface area (Å²) in [4.78, 5) is 0. The highest BCUT2D eigenvalue weighted by molar-refractivity contribution is 7.97. The van der Waals surface area contributed by atoms with Crippen molar-refractivity contribution in [3.8, 4) is 0 Å². The van der Waals surface area contributed by atoms with Gasteiger partial charge in [-0.25, -0.2) is 0 Å². The quantitative estimate of drug-likeness (QED) is 0.324. The van der Waals surface area contributed by atoms with E-state index >= 15 is 0 Å². The lowest BCUT2D eigenvalue weighted by Gasteiger charge is -2.13. The first-order valence-corrected chi connectivity index (χ1v) is 6.15. The molecule has 0 aromatic carbocycles. The van der Waals surface area contributed by atoms with Crippen molar-refractivity contribution in [2.45, 2.75) is 23.6 Å². The summed E-state index contributed by atoms with van der Waals surface area (Å²) in [5.41, 5.74) is 0. The van der Waals surface area contributed by atoms with Crippen molar-refractivity contribution in [3.63, 3.8) is 0 Å². The Bertz CT molecular complexity index is 184. The molecule has 0 aromatic heterocycles. The molecule has 0 aliphatic carbocycles. The van der Waals surface area contributed by atoms with Gasteiger partial charge in [-0.1, -0.05) is 0 Å². The van der Waals surface area contributed by atoms with Gasteiger partial charge in [0.2, 0.25) is 0 Å². The Morgan fingerprint density at radius 2 is 1.87 bits per heavy atom. The van der Waals surface area contributed by atoms with Crippen molar-refractivity contribution in [1.29, 1.82) is 0 Å². The Balaban J connectivity index is 0.00000196. The van der Waals surface area contributed by atoms with Crippen LogP contribution < -0.4 is 12.4 Å². The molecule has 0 bridgehead atoms. The van der Waals surface area contributed by atoms with Crippen LogP contribution in [-0.4, -0.2) is 73.8 Å². The molecular weight excluding hydrogens is 244 g/mol. The van der Waals surface area contributed by atoms with E-state index in [4.69, 9.17) is 10.2 Å². The van der Waals surface area contributed by atoms with Gasteiger partial charge in [0.15, 0.2) is 5.25 Å². The Morgan fingerprint density at radius 1 is 1.27 bits per heavy atom. The summed E-state index contributed by atoms with van der Waals surface area (Å²) in [6, 6.07) is 0. The molecule has 1 saturated heterocycles. The number of halogens is 1. The first-order valence-electron chi connectivity index (χ1n) is 4.52. The van der Waals surface area contributed by atoms with Crippen molar-refractivity contribution in [1.82, 2.24) is 0 Å². The van der Waals surface area contributed by atoms with Crippen LogP contribution in [0.15, 0.2) is 0 Å². The Kier molecular flexibility index (Phi) is 7.10. The van der Waals surface area contributed by atoms with E-state index < -0.39 is 29.2 Å². The third-order valence-electron chi connectivity index (χ3n) is 2.39. The van der Waals surface area contributed by atoms with E-state index in [1.165, 1.54) is 0 Å². The normalized spacial score (nSPS) is 37.4. The molecular formula is C8H17ClO5S. The van der Waals surface area contributed by atoms with Crippen molar-refractivity contribution in [3.05, 3.63) is 0 Å². The van der Waals surface area contributed by atoms with Gasteiger partial charge in [0.1, 0.15) is 29.8 Å². The average molecular weight is 261 g/mol. The van der Waals surface area contributed by atoms with Gasteiger partial charge in [-0.3, -0.25) is 0 Å². The number of hydrogen-bond acceptors (Lipinski definition) is 5. The molecule has 0 spiro atoms. The van der Waals surface area contributed by atoms with Gasteiger partial charge in [0.05, 0.1) is 13.2 Å². The largest absolute Gasteiger partial charge is 1.00 e. The van der Waals surface area contributed by atoms with E-state index in [1.54, 1.807) is 0 Å². The van der Waals surface area contributed by atoms with Crippen molar-refractivity contribution in [2.24, 2.45) is 0 Å². The van der Waals surface area contributed by atoms with Gasteiger partial charge >= 0.3 is 0 Å². The van der Waals surface area contributed by atoms with E-state index in [1.807, 2.05) is 0 Å². The summed E-state index contributed by atoms with van der Waals surface area (Å²) in [5.74, 6) is 0.722. The third kappa shape index (κ3) is 3.74. The van der Waals surface area contributed by atoms with E-state index in [-0.39, 0.29) is 30.9 Å². The van der Waals surface area contributed by atoms with Gasteiger partial charge in [-0.2, -0.15) is 0 Å². The maximum absolute atomic E-state index is 9.47. The summed E-state index contributed by atoms with van der Waals surface area (Å²) in [6.45, 7) is -0.521. The van der Waals surface area contributed by atoms with Crippen LogP contribution in [0.2, 0.25) is 0 Å². The SMILES string of the molecule is OC[C@H](O)C[S+]1C[C@@H](O)[C@H](O)[C@H]1CO.[Cl-]. The predicted molar refractivity (Wildman–Crippen MR) is 53.1 cm³/mol. The topological polar surface area (TPSA) is 101 Å². The molecule has 0 radical (unpaired) electrons. The highest BCUT2D eigenvalue weighted by Crippen LogP contribution is 2.24. The minimum Gasteiger partial charge on any atom is -1.00 e. The fraction of sp³-hybridized carbons (Fsp3) is 1.00. The van der Waals surface area contributed by atoms with Crippen molar-refractivity contribution < 1.29 is 37.9 Å². The number of rotatable bonds is 4. The molecule has 0 aromatic rings. The second kappa shape index (κ2) is 6.90. The zero-order valence-electron chi connectivity index (χ0n) is 8.16. The predicted octanol–water partition coefficient (Wildman–Crippen LogP) is -5.94. The lowest BCUT2D eigenvalue weighted by atomic mass is 10.2. The second-order valence-electron chi connectivity index (χ2n) is 3.49. The van der Waals surface area contributed by atoms with E-state index in [0.717, 1.165) is 0 Å². The van der Waals surface area contributed by atoms with Crippen molar-refractivity contribution >= 4 is 10.9 Å². The molecule has 0 saturated carbocycles. The van der Waals surface area contributed by atoms with Crippen LogP contribution in [0.4, 0.5) is 0 Å². The lowest BCUT2D eigenvalue weighted by molar-refractivity contribution is -0.00000866. The Hall–Kier alpha value is 0.440. The summed E-state index contributed by atoms with van der Waals surface area (Å²) in [6.07, 6.45) is -2.56. The minimum absolute atomic E-state index is 0. The second-order valence-corrected chi connectivity index (χ2v) is 5.83. The number of aliphatic hydroxyl groups is 5. The van der Waals surface area contributed by atoms with E-state index in [0.29, 0.717) is 11.5 Å². The molecule has 5 atom stereocenters. The molecule has 1 unspecified atom stereocenters. The summed E-state index contributed by atoms with van der Waals surface area (Å²) < 4.78 is 0. The summed E-state index contributed by atoms with van der Waals surface area (Å²) in [5, 5.41) is 45.3. The molecule has 0 amide bonds. The lowest BCUT2D eigenvalue weighted by Crippen LogP contribution is -3.00.